The van der Waals surface area contributed by atoms with Crippen LogP contribution in [0.3, 0.4) is 0 Å². The van der Waals surface area contributed by atoms with Gasteiger partial charge in [-0.05, 0) is 48.7 Å². The van der Waals surface area contributed by atoms with E-state index >= 15 is 0 Å². The lowest BCUT2D eigenvalue weighted by atomic mass is 9.77. The fourth-order valence-electron chi connectivity index (χ4n) is 4.95. The molecular weight excluding hydrogens is 423 g/mol. The van der Waals surface area contributed by atoms with Gasteiger partial charge in [0.05, 0.1) is 29.6 Å². The second-order valence-electron chi connectivity index (χ2n) is 8.66. The van der Waals surface area contributed by atoms with Crippen LogP contribution in [0.25, 0.3) is 11.0 Å². The Bertz CT molecular complexity index is 1190. The molecule has 0 unspecified atom stereocenters. The number of carbonyl (C=O) groups excluding carboxylic acids is 2. The highest BCUT2D eigenvalue weighted by Gasteiger charge is 2.46. The summed E-state index contributed by atoms with van der Waals surface area (Å²) < 4.78 is 19.7. The maximum absolute atomic E-state index is 14.0. The number of amides is 2. The molecule has 2 amide bonds. The largest absolute Gasteiger partial charge is 0.365 e. The summed E-state index contributed by atoms with van der Waals surface area (Å²) in [6, 6.07) is 11.7. The van der Waals surface area contributed by atoms with Gasteiger partial charge in [-0.1, -0.05) is 25.0 Å². The molecule has 1 aliphatic carbocycles. The molecule has 2 fully saturated rings. The van der Waals surface area contributed by atoms with Gasteiger partial charge in [0.1, 0.15) is 5.82 Å². The molecule has 1 aromatic heterocycles. The minimum absolute atomic E-state index is 0.0484. The minimum atomic E-state index is -0.786. The molecule has 1 atom stereocenters. The van der Waals surface area contributed by atoms with Gasteiger partial charge in [-0.25, -0.2) is 4.39 Å². The molecule has 33 heavy (non-hydrogen) atoms. The number of benzene rings is 2. The Morgan fingerprint density at radius 2 is 1.85 bits per heavy atom. The van der Waals surface area contributed by atoms with Crippen molar-refractivity contribution in [3.63, 3.8) is 0 Å². The summed E-state index contributed by atoms with van der Waals surface area (Å²) in [5.74, 6) is -0.708. The first-order chi connectivity index (χ1) is 16.0. The predicted molar refractivity (Wildman–Crippen MR) is 121 cm³/mol. The highest BCUT2D eigenvalue weighted by molar-refractivity contribution is 5.97. The molecule has 7 nitrogen and oxygen atoms in total. The van der Waals surface area contributed by atoms with Crippen molar-refractivity contribution in [2.45, 2.75) is 37.2 Å². The van der Waals surface area contributed by atoms with E-state index in [4.69, 9.17) is 4.74 Å². The summed E-state index contributed by atoms with van der Waals surface area (Å²) >= 11 is 0. The topological polar surface area (TPSA) is 84.4 Å². The Labute approximate surface area is 191 Å². The Balaban J connectivity index is 1.32. The van der Waals surface area contributed by atoms with E-state index in [2.05, 4.69) is 15.3 Å². The highest BCUT2D eigenvalue weighted by Crippen LogP contribution is 2.43. The summed E-state index contributed by atoms with van der Waals surface area (Å²) in [5.41, 5.74) is 1.98. The molecule has 1 saturated carbocycles. The van der Waals surface area contributed by atoms with Crippen molar-refractivity contribution in [1.82, 2.24) is 14.9 Å². The summed E-state index contributed by atoms with van der Waals surface area (Å²) in [4.78, 5) is 36.8. The number of anilines is 1. The second-order valence-corrected chi connectivity index (χ2v) is 8.66. The molecule has 0 spiro atoms. The van der Waals surface area contributed by atoms with Gasteiger partial charge in [0.15, 0.2) is 6.10 Å². The SMILES string of the molecule is O=C(Nc1ccc2nccnc2c1)[C@@H]1CN(C(=O)C2(c3cccc(F)c3)CCCC2)CCO1. The van der Waals surface area contributed by atoms with E-state index in [1.165, 1.54) is 12.1 Å². The van der Waals surface area contributed by atoms with Gasteiger partial charge < -0.3 is 15.0 Å². The minimum Gasteiger partial charge on any atom is -0.365 e. The lowest BCUT2D eigenvalue weighted by Gasteiger charge is -2.39. The average molecular weight is 448 g/mol. The molecular formula is C25H25FN4O3. The number of aromatic nitrogens is 2. The summed E-state index contributed by atoms with van der Waals surface area (Å²) in [5, 5.41) is 2.86. The Kier molecular flexibility index (Phi) is 5.76. The standard InChI is InChI=1S/C25H25FN4O3/c26-18-5-3-4-17(14-18)25(8-1-2-9-25)24(32)30-12-13-33-22(16-30)23(31)29-19-6-7-20-21(15-19)28-11-10-27-20/h3-7,10-11,14-15,22H,1-2,8-9,12-13,16H2,(H,29,31)/t22-/m0/s1. The maximum Gasteiger partial charge on any atom is 0.255 e. The quantitative estimate of drug-likeness (QED) is 0.661. The van der Waals surface area contributed by atoms with Crippen LogP contribution in [0.15, 0.2) is 54.9 Å². The first-order valence-corrected chi connectivity index (χ1v) is 11.2. The van der Waals surface area contributed by atoms with Crippen molar-refractivity contribution in [2.75, 3.05) is 25.0 Å². The first kappa shape index (κ1) is 21.5. The summed E-state index contributed by atoms with van der Waals surface area (Å²) in [6.45, 7) is 0.840. The number of rotatable bonds is 4. The lowest BCUT2D eigenvalue weighted by Crippen LogP contribution is -2.54. The number of hydrogen-bond donors (Lipinski definition) is 1. The van der Waals surface area contributed by atoms with Crippen molar-refractivity contribution >= 4 is 28.5 Å². The number of nitrogens with one attached hydrogen (secondary N) is 1. The van der Waals surface area contributed by atoms with Crippen molar-refractivity contribution in [3.05, 3.63) is 66.2 Å². The number of carbonyl (C=O) groups is 2. The van der Waals surface area contributed by atoms with E-state index < -0.39 is 11.5 Å². The van der Waals surface area contributed by atoms with Crippen LogP contribution in [0, 0.1) is 5.82 Å². The molecule has 0 bridgehead atoms. The third kappa shape index (κ3) is 4.18. The van der Waals surface area contributed by atoms with Crippen molar-refractivity contribution in [2.24, 2.45) is 0 Å². The Morgan fingerprint density at radius 1 is 1.06 bits per heavy atom. The fourth-order valence-corrected chi connectivity index (χ4v) is 4.95. The molecule has 5 rings (SSSR count). The van der Waals surface area contributed by atoms with Crippen LogP contribution >= 0.6 is 0 Å². The van der Waals surface area contributed by atoms with Gasteiger partial charge >= 0.3 is 0 Å². The van der Waals surface area contributed by atoms with Crippen molar-refractivity contribution < 1.29 is 18.7 Å². The van der Waals surface area contributed by atoms with E-state index in [-0.39, 0.29) is 30.8 Å². The smallest absolute Gasteiger partial charge is 0.255 e. The zero-order valence-electron chi connectivity index (χ0n) is 18.2. The maximum atomic E-state index is 14.0. The van der Waals surface area contributed by atoms with E-state index in [0.717, 1.165) is 23.9 Å². The van der Waals surface area contributed by atoms with Gasteiger partial charge in [0, 0.05) is 24.6 Å². The van der Waals surface area contributed by atoms with Crippen molar-refractivity contribution in [3.8, 4) is 0 Å². The van der Waals surface area contributed by atoms with Gasteiger partial charge in [-0.15, -0.1) is 0 Å². The Hall–Kier alpha value is -3.39. The van der Waals surface area contributed by atoms with E-state index in [1.54, 1.807) is 41.6 Å². The third-order valence-corrected chi connectivity index (χ3v) is 6.63. The number of fused-ring (bicyclic) bond motifs is 1. The molecule has 2 aliphatic rings. The molecule has 1 aliphatic heterocycles. The predicted octanol–water partition coefficient (Wildman–Crippen LogP) is 3.45. The highest BCUT2D eigenvalue weighted by atomic mass is 19.1. The zero-order valence-corrected chi connectivity index (χ0v) is 18.2. The van der Waals surface area contributed by atoms with Crippen LogP contribution in [0.2, 0.25) is 0 Å². The molecule has 2 heterocycles. The van der Waals surface area contributed by atoms with Crippen LogP contribution in [0.1, 0.15) is 31.2 Å². The van der Waals surface area contributed by atoms with E-state index in [0.29, 0.717) is 30.6 Å². The van der Waals surface area contributed by atoms with E-state index in [9.17, 15) is 14.0 Å². The van der Waals surface area contributed by atoms with Gasteiger partial charge in [0.25, 0.3) is 5.91 Å². The molecule has 170 valence electrons. The lowest BCUT2D eigenvalue weighted by molar-refractivity contribution is -0.149. The Morgan fingerprint density at radius 3 is 2.64 bits per heavy atom. The van der Waals surface area contributed by atoms with Crippen LogP contribution in [0.4, 0.5) is 10.1 Å². The third-order valence-electron chi connectivity index (χ3n) is 6.63. The number of morpholine rings is 1. The summed E-state index contributed by atoms with van der Waals surface area (Å²) in [6.07, 6.45) is 5.62. The van der Waals surface area contributed by atoms with Crippen molar-refractivity contribution in [1.29, 1.82) is 0 Å². The second kappa shape index (κ2) is 8.86. The monoisotopic (exact) mass is 448 g/mol. The zero-order chi connectivity index (χ0) is 22.8. The molecule has 3 aromatic rings. The fraction of sp³-hybridized carbons (Fsp3) is 0.360. The molecule has 1 N–H and O–H groups in total. The molecule has 1 saturated heterocycles. The first-order valence-electron chi connectivity index (χ1n) is 11.2. The molecule has 0 radical (unpaired) electrons. The van der Waals surface area contributed by atoms with Gasteiger partial charge in [0.2, 0.25) is 5.91 Å². The van der Waals surface area contributed by atoms with Crippen LogP contribution < -0.4 is 5.32 Å². The number of halogens is 1. The number of ether oxygens (including phenoxy) is 1. The van der Waals surface area contributed by atoms with Crippen LogP contribution in [0.5, 0.6) is 0 Å². The van der Waals surface area contributed by atoms with Crippen LogP contribution in [-0.2, 0) is 19.7 Å². The number of nitrogens with zero attached hydrogens (tertiary/aromatic N) is 3. The molecule has 2 aromatic carbocycles. The van der Waals surface area contributed by atoms with E-state index in [1.807, 2.05) is 6.07 Å². The molecule has 8 heteroatoms. The van der Waals surface area contributed by atoms with Gasteiger partial charge in [-0.3, -0.25) is 19.6 Å². The van der Waals surface area contributed by atoms with Gasteiger partial charge in [-0.2, -0.15) is 0 Å². The number of hydrogen-bond acceptors (Lipinski definition) is 5. The summed E-state index contributed by atoms with van der Waals surface area (Å²) in [7, 11) is 0. The van der Waals surface area contributed by atoms with Crippen LogP contribution in [-0.4, -0.2) is 52.5 Å². The normalized spacial score (nSPS) is 20.0. The average Bonchev–Trinajstić information content (AvgIpc) is 3.35.